The average molecular weight is 275 g/mol. The Balaban J connectivity index is 2.72. The first kappa shape index (κ1) is 14.6. The normalized spacial score (nSPS) is 11.2. The van der Waals surface area contributed by atoms with Crippen molar-refractivity contribution in [3.63, 3.8) is 0 Å². The van der Waals surface area contributed by atoms with Crippen molar-refractivity contribution < 1.29 is 17.9 Å². The Kier molecular flexibility index (Phi) is 5.20. The summed E-state index contributed by atoms with van der Waals surface area (Å²) in [5, 5.41) is 0. The van der Waals surface area contributed by atoms with Crippen LogP contribution in [0.15, 0.2) is 18.2 Å². The SMILES string of the molecule is COCCNS(=O)(=O)Nc1ccc(N)c(OC)c1. The van der Waals surface area contributed by atoms with Gasteiger partial charge in [0.25, 0.3) is 10.2 Å². The van der Waals surface area contributed by atoms with Crippen LogP contribution >= 0.6 is 0 Å². The standard InChI is InChI=1S/C10H17N3O4S/c1-16-6-5-12-18(14,15)13-8-3-4-9(11)10(7-8)17-2/h3-4,7,12-13H,5-6,11H2,1-2H3. The number of hydrogen-bond acceptors (Lipinski definition) is 5. The van der Waals surface area contributed by atoms with Gasteiger partial charge in [-0.2, -0.15) is 13.1 Å². The van der Waals surface area contributed by atoms with Crippen molar-refractivity contribution in [1.29, 1.82) is 0 Å². The molecule has 0 radical (unpaired) electrons. The highest BCUT2D eigenvalue weighted by Gasteiger charge is 2.10. The number of nitrogens with one attached hydrogen (secondary N) is 2. The molecule has 0 saturated heterocycles. The van der Waals surface area contributed by atoms with E-state index in [1.54, 1.807) is 12.1 Å². The molecule has 1 rings (SSSR count). The molecule has 0 aliphatic carbocycles. The van der Waals surface area contributed by atoms with Gasteiger partial charge in [-0.05, 0) is 12.1 Å². The number of rotatable bonds is 7. The molecule has 0 aliphatic rings. The Morgan fingerprint density at radius 1 is 1.33 bits per heavy atom. The lowest BCUT2D eigenvalue weighted by atomic mass is 10.3. The summed E-state index contributed by atoms with van der Waals surface area (Å²) in [4.78, 5) is 0. The molecule has 0 fully saturated rings. The van der Waals surface area contributed by atoms with Gasteiger partial charge in [0, 0.05) is 19.7 Å². The minimum absolute atomic E-state index is 0.192. The fourth-order valence-electron chi connectivity index (χ4n) is 1.24. The molecular formula is C10H17N3O4S. The van der Waals surface area contributed by atoms with Crippen molar-refractivity contribution in [2.75, 3.05) is 37.8 Å². The summed E-state index contributed by atoms with van der Waals surface area (Å²) in [5.41, 5.74) is 6.43. The van der Waals surface area contributed by atoms with Gasteiger partial charge in [0.1, 0.15) is 5.75 Å². The summed E-state index contributed by atoms with van der Waals surface area (Å²) >= 11 is 0. The number of methoxy groups -OCH3 is 2. The fraction of sp³-hybridized carbons (Fsp3) is 0.400. The van der Waals surface area contributed by atoms with E-state index in [-0.39, 0.29) is 6.54 Å². The maximum Gasteiger partial charge on any atom is 0.299 e. The summed E-state index contributed by atoms with van der Waals surface area (Å²) in [6, 6.07) is 4.62. The van der Waals surface area contributed by atoms with Crippen LogP contribution in [0.3, 0.4) is 0 Å². The third-order valence-electron chi connectivity index (χ3n) is 2.08. The van der Waals surface area contributed by atoms with Gasteiger partial charge in [-0.1, -0.05) is 0 Å². The first-order chi connectivity index (χ1) is 8.48. The highest BCUT2D eigenvalue weighted by molar-refractivity contribution is 7.90. The average Bonchev–Trinajstić information content (AvgIpc) is 2.31. The highest BCUT2D eigenvalue weighted by atomic mass is 32.2. The summed E-state index contributed by atoms with van der Waals surface area (Å²) in [6.07, 6.45) is 0. The number of nitrogens with two attached hydrogens (primary N) is 1. The van der Waals surface area contributed by atoms with Gasteiger partial charge in [0.05, 0.1) is 25.1 Å². The summed E-state index contributed by atoms with van der Waals surface area (Å²) in [6.45, 7) is 0.490. The molecule has 1 aromatic carbocycles. The summed E-state index contributed by atoms with van der Waals surface area (Å²) < 4.78 is 37.6. The minimum Gasteiger partial charge on any atom is -0.495 e. The highest BCUT2D eigenvalue weighted by Crippen LogP contribution is 2.25. The Morgan fingerprint density at radius 3 is 2.67 bits per heavy atom. The molecule has 4 N–H and O–H groups in total. The first-order valence-electron chi connectivity index (χ1n) is 5.18. The Hall–Kier alpha value is -1.51. The topological polar surface area (TPSA) is 103 Å². The summed E-state index contributed by atoms with van der Waals surface area (Å²) in [7, 11) is -0.669. The number of hydrogen-bond donors (Lipinski definition) is 3. The van der Waals surface area contributed by atoms with Crippen LogP contribution in [0.4, 0.5) is 11.4 Å². The number of nitrogen functional groups attached to an aromatic ring is 1. The van der Waals surface area contributed by atoms with E-state index >= 15 is 0 Å². The van der Waals surface area contributed by atoms with Gasteiger partial charge in [-0.15, -0.1) is 0 Å². The van der Waals surface area contributed by atoms with Crippen molar-refractivity contribution in [3.05, 3.63) is 18.2 Å². The molecule has 0 heterocycles. The molecule has 0 aliphatic heterocycles. The van der Waals surface area contributed by atoms with E-state index in [2.05, 4.69) is 9.44 Å². The van der Waals surface area contributed by atoms with Crippen LogP contribution in [0.1, 0.15) is 0 Å². The van der Waals surface area contributed by atoms with E-state index in [0.29, 0.717) is 23.7 Å². The molecule has 0 atom stereocenters. The quantitative estimate of drug-likeness (QED) is 0.486. The molecule has 1 aromatic rings. The van der Waals surface area contributed by atoms with Crippen LogP contribution in [0, 0.1) is 0 Å². The molecule has 0 bridgehead atoms. The van der Waals surface area contributed by atoms with Crippen molar-refractivity contribution in [2.24, 2.45) is 0 Å². The zero-order valence-corrected chi connectivity index (χ0v) is 11.1. The Bertz CT molecular complexity index is 490. The molecule has 0 spiro atoms. The third-order valence-corrected chi connectivity index (χ3v) is 3.17. The lowest BCUT2D eigenvalue weighted by Crippen LogP contribution is -2.32. The minimum atomic E-state index is -3.62. The van der Waals surface area contributed by atoms with Gasteiger partial charge in [-0.3, -0.25) is 4.72 Å². The predicted molar refractivity (Wildman–Crippen MR) is 69.8 cm³/mol. The molecule has 8 heteroatoms. The molecule has 0 unspecified atom stereocenters. The Morgan fingerprint density at radius 2 is 2.06 bits per heavy atom. The van der Waals surface area contributed by atoms with Gasteiger partial charge >= 0.3 is 0 Å². The van der Waals surface area contributed by atoms with Crippen LogP contribution in [-0.4, -0.2) is 35.8 Å². The van der Waals surface area contributed by atoms with E-state index < -0.39 is 10.2 Å². The summed E-state index contributed by atoms with van der Waals surface area (Å²) in [5.74, 6) is 0.409. The van der Waals surface area contributed by atoms with E-state index in [1.165, 1.54) is 20.3 Å². The second-order valence-electron chi connectivity index (χ2n) is 3.45. The molecule has 7 nitrogen and oxygen atoms in total. The number of benzene rings is 1. The number of ether oxygens (including phenoxy) is 2. The third kappa shape index (κ3) is 4.40. The monoisotopic (exact) mass is 275 g/mol. The second-order valence-corrected chi connectivity index (χ2v) is 4.95. The maximum atomic E-state index is 11.6. The van der Waals surface area contributed by atoms with Crippen LogP contribution in [0.5, 0.6) is 5.75 Å². The largest absolute Gasteiger partial charge is 0.495 e. The van der Waals surface area contributed by atoms with Gasteiger partial charge in [0.2, 0.25) is 0 Å². The van der Waals surface area contributed by atoms with Crippen LogP contribution in [0.2, 0.25) is 0 Å². The molecule has 0 aromatic heterocycles. The van der Waals surface area contributed by atoms with E-state index in [4.69, 9.17) is 15.2 Å². The zero-order chi connectivity index (χ0) is 13.6. The lowest BCUT2D eigenvalue weighted by molar-refractivity contribution is 0.204. The maximum absolute atomic E-state index is 11.6. The second kappa shape index (κ2) is 6.43. The van der Waals surface area contributed by atoms with E-state index in [1.807, 2.05) is 0 Å². The van der Waals surface area contributed by atoms with Crippen LogP contribution < -0.4 is 19.9 Å². The van der Waals surface area contributed by atoms with Crippen molar-refractivity contribution >= 4 is 21.6 Å². The molecule has 0 saturated carbocycles. The fourth-order valence-corrected chi connectivity index (χ4v) is 2.11. The van der Waals surface area contributed by atoms with Crippen LogP contribution in [0.25, 0.3) is 0 Å². The van der Waals surface area contributed by atoms with Crippen molar-refractivity contribution in [2.45, 2.75) is 0 Å². The van der Waals surface area contributed by atoms with E-state index in [9.17, 15) is 8.42 Å². The number of anilines is 2. The van der Waals surface area contributed by atoms with Crippen LogP contribution in [-0.2, 0) is 14.9 Å². The van der Waals surface area contributed by atoms with E-state index in [0.717, 1.165) is 0 Å². The predicted octanol–water partition coefficient (Wildman–Crippen LogP) is 0.170. The van der Waals surface area contributed by atoms with Gasteiger partial charge < -0.3 is 15.2 Å². The molecular weight excluding hydrogens is 258 g/mol. The first-order valence-corrected chi connectivity index (χ1v) is 6.66. The van der Waals surface area contributed by atoms with Crippen molar-refractivity contribution in [3.8, 4) is 5.75 Å². The van der Waals surface area contributed by atoms with Crippen molar-refractivity contribution in [1.82, 2.24) is 4.72 Å². The Labute approximate surface area is 106 Å². The molecule has 102 valence electrons. The lowest BCUT2D eigenvalue weighted by Gasteiger charge is -2.11. The molecule has 0 amide bonds. The van der Waals surface area contributed by atoms with Gasteiger partial charge in [-0.25, -0.2) is 0 Å². The zero-order valence-electron chi connectivity index (χ0n) is 10.3. The smallest absolute Gasteiger partial charge is 0.299 e. The van der Waals surface area contributed by atoms with Gasteiger partial charge in [0.15, 0.2) is 0 Å². The molecule has 18 heavy (non-hydrogen) atoms.